The predicted molar refractivity (Wildman–Crippen MR) is 153 cm³/mol. The van der Waals surface area contributed by atoms with Crippen LogP contribution in [0.5, 0.6) is 5.75 Å². The van der Waals surface area contributed by atoms with Crippen LogP contribution in [0.25, 0.3) is 0 Å². The molecule has 2 amide bonds. The summed E-state index contributed by atoms with van der Waals surface area (Å²) in [5.41, 5.74) is 1.24. The summed E-state index contributed by atoms with van der Waals surface area (Å²) in [6.07, 6.45) is 3.74. The average Bonchev–Trinajstić information content (AvgIpc) is 2.88. The number of sulfonamides is 1. The topological polar surface area (TPSA) is 96.0 Å². The number of ether oxygens (including phenoxy) is 1. The van der Waals surface area contributed by atoms with E-state index >= 15 is 0 Å². The second-order valence-electron chi connectivity index (χ2n) is 9.05. The minimum absolute atomic E-state index is 0.0756. The van der Waals surface area contributed by atoms with E-state index in [0.717, 1.165) is 24.7 Å². The van der Waals surface area contributed by atoms with Crippen LogP contribution in [0.2, 0.25) is 5.02 Å². The van der Waals surface area contributed by atoms with Crippen LogP contribution in [0.3, 0.4) is 0 Å². The van der Waals surface area contributed by atoms with E-state index in [4.69, 9.17) is 16.3 Å². The van der Waals surface area contributed by atoms with Crippen molar-refractivity contribution in [2.45, 2.75) is 65.5 Å². The Morgan fingerprint density at radius 3 is 2.29 bits per heavy atom. The fraction of sp³-hybridized carbons (Fsp3) is 0.500. The molecule has 0 aliphatic heterocycles. The number of anilines is 1. The van der Waals surface area contributed by atoms with Gasteiger partial charge in [0.05, 0.1) is 18.6 Å². The molecule has 38 heavy (non-hydrogen) atoms. The van der Waals surface area contributed by atoms with Crippen LogP contribution in [0.1, 0.15) is 58.4 Å². The lowest BCUT2D eigenvalue weighted by Crippen LogP contribution is -2.49. The van der Waals surface area contributed by atoms with E-state index in [2.05, 4.69) is 5.32 Å². The van der Waals surface area contributed by atoms with Gasteiger partial charge in [-0.05, 0) is 62.1 Å². The molecule has 1 atom stereocenters. The summed E-state index contributed by atoms with van der Waals surface area (Å²) in [6.45, 7) is 7.16. The fourth-order valence-corrected chi connectivity index (χ4v) is 5.28. The molecule has 0 radical (unpaired) electrons. The van der Waals surface area contributed by atoms with Gasteiger partial charge in [-0.3, -0.25) is 13.9 Å². The second-order valence-corrected chi connectivity index (χ2v) is 11.4. The molecule has 210 valence electrons. The van der Waals surface area contributed by atoms with Crippen LogP contribution in [0.15, 0.2) is 48.5 Å². The molecule has 2 rings (SSSR count). The zero-order valence-electron chi connectivity index (χ0n) is 22.8. The zero-order chi connectivity index (χ0) is 28.1. The van der Waals surface area contributed by atoms with Crippen molar-refractivity contribution in [3.63, 3.8) is 0 Å². The molecule has 0 fully saturated rings. The molecule has 2 aromatic carbocycles. The Balaban J connectivity index is 2.19. The van der Waals surface area contributed by atoms with Crippen LogP contribution in [-0.4, -0.2) is 57.1 Å². The van der Waals surface area contributed by atoms with Crippen molar-refractivity contribution in [3.8, 4) is 5.75 Å². The molecule has 0 unspecified atom stereocenters. The second kappa shape index (κ2) is 15.6. The molecular formula is C28H40ClN3O5S. The van der Waals surface area contributed by atoms with Gasteiger partial charge in [0.25, 0.3) is 0 Å². The SMILES string of the molecule is CCCCNC(=O)[C@@H](CC)N(Cc1ccccc1Cl)C(=O)CCCN(c1ccc(OCC)cc1)S(C)(=O)=O. The van der Waals surface area contributed by atoms with Crippen LogP contribution in [-0.2, 0) is 26.2 Å². The van der Waals surface area contributed by atoms with Crippen LogP contribution < -0.4 is 14.4 Å². The highest BCUT2D eigenvalue weighted by Gasteiger charge is 2.29. The quantitative estimate of drug-likeness (QED) is 0.289. The summed E-state index contributed by atoms with van der Waals surface area (Å²) in [4.78, 5) is 28.1. The number of carbonyl (C=O) groups is 2. The summed E-state index contributed by atoms with van der Waals surface area (Å²) >= 11 is 6.38. The highest BCUT2D eigenvalue weighted by atomic mass is 35.5. The van der Waals surface area contributed by atoms with E-state index in [1.54, 1.807) is 35.2 Å². The summed E-state index contributed by atoms with van der Waals surface area (Å²) in [5, 5.41) is 3.45. The van der Waals surface area contributed by atoms with Crippen molar-refractivity contribution < 1.29 is 22.7 Å². The van der Waals surface area contributed by atoms with Gasteiger partial charge >= 0.3 is 0 Å². The lowest BCUT2D eigenvalue weighted by atomic mass is 10.1. The molecule has 0 aliphatic rings. The third-order valence-electron chi connectivity index (χ3n) is 6.10. The molecule has 2 aromatic rings. The molecule has 0 aliphatic carbocycles. The molecular weight excluding hydrogens is 526 g/mol. The number of nitrogens with one attached hydrogen (secondary N) is 1. The standard InChI is InChI=1S/C28H40ClN3O5S/c1-5-8-19-30-28(34)26(6-2)31(21-22-12-9-10-13-25(22)29)27(33)14-11-20-32(38(4,35)36)23-15-17-24(18-16-23)37-7-3/h9-10,12-13,15-18,26H,5-8,11,14,19-21H2,1-4H3,(H,30,34)/t26-/m1/s1. The number of unbranched alkanes of at least 4 members (excludes halogenated alkanes) is 1. The Bertz CT molecular complexity index is 1140. The molecule has 10 heteroatoms. The van der Waals surface area contributed by atoms with Crippen LogP contribution in [0, 0.1) is 0 Å². The molecule has 0 bridgehead atoms. The van der Waals surface area contributed by atoms with Crippen LogP contribution in [0.4, 0.5) is 5.69 Å². The third-order valence-corrected chi connectivity index (χ3v) is 7.66. The van der Waals surface area contributed by atoms with Gasteiger partial charge < -0.3 is 15.0 Å². The normalized spacial score (nSPS) is 12.0. The number of hydrogen-bond acceptors (Lipinski definition) is 5. The lowest BCUT2D eigenvalue weighted by Gasteiger charge is -2.31. The molecule has 0 heterocycles. The van der Waals surface area contributed by atoms with Gasteiger partial charge in [0, 0.05) is 31.1 Å². The smallest absolute Gasteiger partial charge is 0.242 e. The minimum atomic E-state index is -3.58. The van der Waals surface area contributed by atoms with E-state index in [9.17, 15) is 18.0 Å². The van der Waals surface area contributed by atoms with Crippen molar-refractivity contribution in [1.29, 1.82) is 0 Å². The maximum absolute atomic E-state index is 13.5. The maximum Gasteiger partial charge on any atom is 0.242 e. The molecule has 0 spiro atoms. The number of carbonyl (C=O) groups excluding carboxylic acids is 2. The Labute approximate surface area is 232 Å². The summed E-state index contributed by atoms with van der Waals surface area (Å²) in [6, 6.07) is 13.4. The predicted octanol–water partition coefficient (Wildman–Crippen LogP) is 5.01. The fourth-order valence-electron chi connectivity index (χ4n) is 4.12. The van der Waals surface area contributed by atoms with Gasteiger partial charge in [-0.2, -0.15) is 0 Å². The van der Waals surface area contributed by atoms with Gasteiger partial charge in [-0.15, -0.1) is 0 Å². The maximum atomic E-state index is 13.5. The van der Waals surface area contributed by atoms with Crippen molar-refractivity contribution in [3.05, 3.63) is 59.1 Å². The number of amides is 2. The van der Waals surface area contributed by atoms with E-state index < -0.39 is 16.1 Å². The van der Waals surface area contributed by atoms with Gasteiger partial charge in [0.15, 0.2) is 0 Å². The number of nitrogens with zero attached hydrogens (tertiary/aromatic N) is 2. The Morgan fingerprint density at radius 1 is 1.03 bits per heavy atom. The van der Waals surface area contributed by atoms with E-state index in [0.29, 0.717) is 36.0 Å². The summed E-state index contributed by atoms with van der Waals surface area (Å²) in [5.74, 6) is 0.217. The third kappa shape index (κ3) is 9.51. The van der Waals surface area contributed by atoms with Gasteiger partial charge in [0.1, 0.15) is 11.8 Å². The molecule has 0 saturated heterocycles. The molecule has 1 N–H and O–H groups in total. The number of benzene rings is 2. The lowest BCUT2D eigenvalue weighted by molar-refractivity contribution is -0.141. The zero-order valence-corrected chi connectivity index (χ0v) is 24.4. The Kier molecular flexibility index (Phi) is 12.9. The van der Waals surface area contributed by atoms with E-state index in [1.807, 2.05) is 39.0 Å². The molecule has 0 saturated carbocycles. The van der Waals surface area contributed by atoms with E-state index in [1.165, 1.54) is 4.31 Å². The van der Waals surface area contributed by atoms with E-state index in [-0.39, 0.29) is 37.7 Å². The first kappa shape index (κ1) is 31.4. The average molecular weight is 566 g/mol. The van der Waals surface area contributed by atoms with Crippen molar-refractivity contribution in [2.24, 2.45) is 0 Å². The number of hydrogen-bond donors (Lipinski definition) is 1. The highest BCUT2D eigenvalue weighted by molar-refractivity contribution is 7.92. The number of rotatable bonds is 16. The van der Waals surface area contributed by atoms with Gasteiger partial charge in [0.2, 0.25) is 21.8 Å². The van der Waals surface area contributed by atoms with Crippen molar-refractivity contribution in [2.75, 3.05) is 30.3 Å². The first-order valence-electron chi connectivity index (χ1n) is 13.1. The van der Waals surface area contributed by atoms with Crippen molar-refractivity contribution >= 4 is 39.1 Å². The minimum Gasteiger partial charge on any atom is -0.494 e. The highest BCUT2D eigenvalue weighted by Crippen LogP contribution is 2.24. The number of halogens is 1. The molecule has 0 aromatic heterocycles. The molecule has 8 nitrogen and oxygen atoms in total. The van der Waals surface area contributed by atoms with Crippen LogP contribution >= 0.6 is 11.6 Å². The monoisotopic (exact) mass is 565 g/mol. The first-order chi connectivity index (χ1) is 18.1. The Morgan fingerprint density at radius 2 is 1.71 bits per heavy atom. The summed E-state index contributed by atoms with van der Waals surface area (Å²) < 4.78 is 31.8. The first-order valence-corrected chi connectivity index (χ1v) is 15.4. The van der Waals surface area contributed by atoms with Gasteiger partial charge in [-0.25, -0.2) is 8.42 Å². The van der Waals surface area contributed by atoms with Crippen molar-refractivity contribution in [1.82, 2.24) is 10.2 Å². The largest absolute Gasteiger partial charge is 0.494 e. The van der Waals surface area contributed by atoms with Gasteiger partial charge in [-0.1, -0.05) is 50.1 Å². The summed E-state index contributed by atoms with van der Waals surface area (Å²) in [7, 11) is -3.58. The Hall–Kier alpha value is -2.78.